The van der Waals surface area contributed by atoms with Crippen LogP contribution in [0.1, 0.15) is 18.7 Å². The highest BCUT2D eigenvalue weighted by Crippen LogP contribution is 2.24. The lowest BCUT2D eigenvalue weighted by molar-refractivity contribution is 0.415. The van der Waals surface area contributed by atoms with Gasteiger partial charge in [-0.1, -0.05) is 0 Å². The van der Waals surface area contributed by atoms with Crippen molar-refractivity contribution in [2.75, 3.05) is 7.11 Å². The predicted octanol–water partition coefficient (Wildman–Crippen LogP) is 3.47. The Balaban J connectivity index is 0.00000120. The largest absolute Gasteiger partial charge is 0.497 e. The zero-order chi connectivity index (χ0) is 11.7. The lowest BCUT2D eigenvalue weighted by atomic mass is 10.2. The highest BCUT2D eigenvalue weighted by Gasteiger charge is 2.12. The first kappa shape index (κ1) is 13.1. The smallest absolute Gasteiger partial charge is 0.118 e. The van der Waals surface area contributed by atoms with Gasteiger partial charge in [0.2, 0.25) is 0 Å². The Morgan fingerprint density at radius 1 is 1.17 bits per heavy atom. The number of benzene rings is 1. The van der Waals surface area contributed by atoms with Crippen molar-refractivity contribution in [3.63, 3.8) is 0 Å². The number of rotatable bonds is 2. The third-order valence-corrected chi connectivity index (χ3v) is 3.29. The van der Waals surface area contributed by atoms with E-state index in [1.54, 1.807) is 7.11 Å². The number of hydrogen-bond donors (Lipinski definition) is 0. The number of hydrogen-bond acceptors (Lipinski definition) is 2. The predicted molar refractivity (Wildman–Crippen MR) is 77.5 cm³/mol. The van der Waals surface area contributed by atoms with E-state index < -0.39 is 0 Å². The van der Waals surface area contributed by atoms with Crippen LogP contribution < -0.4 is 4.74 Å². The van der Waals surface area contributed by atoms with E-state index in [2.05, 4.69) is 22.9 Å². The van der Waals surface area contributed by atoms with Gasteiger partial charge in [0.05, 0.1) is 12.8 Å². The summed E-state index contributed by atoms with van der Waals surface area (Å²) >= 11 is 0. The lowest BCUT2D eigenvalue weighted by Gasteiger charge is -2.11. The van der Waals surface area contributed by atoms with E-state index in [0.717, 1.165) is 30.0 Å². The molecule has 2 aromatic rings. The average Bonchev–Trinajstić information content (AvgIpc) is 2.82. The highest BCUT2D eigenvalue weighted by molar-refractivity contribution is 8.93. The molecule has 0 radical (unpaired) electrons. The fourth-order valence-electron chi connectivity index (χ4n) is 2.31. The Morgan fingerprint density at radius 3 is 2.61 bits per heavy atom. The summed E-state index contributed by atoms with van der Waals surface area (Å²) in [6.45, 7) is 1.11. The van der Waals surface area contributed by atoms with Gasteiger partial charge in [0.25, 0.3) is 0 Å². The van der Waals surface area contributed by atoms with Crippen LogP contribution in [0, 0.1) is 0 Å². The maximum atomic E-state index is 5.16. The number of fused-ring (bicyclic) bond motifs is 1. The van der Waals surface area contributed by atoms with Crippen LogP contribution in [0.2, 0.25) is 0 Å². The summed E-state index contributed by atoms with van der Waals surface area (Å²) in [6.07, 6.45) is 5.80. The third kappa shape index (κ3) is 2.43. The summed E-state index contributed by atoms with van der Waals surface area (Å²) in [5.74, 6) is 2.11. The molecule has 0 N–H and O–H groups in total. The molecule has 0 fully saturated rings. The van der Waals surface area contributed by atoms with Gasteiger partial charge in [0.15, 0.2) is 0 Å². The Hall–Kier alpha value is -1.29. The van der Waals surface area contributed by atoms with Gasteiger partial charge in [0, 0.05) is 24.7 Å². The topological polar surface area (TPSA) is 27.1 Å². The van der Waals surface area contributed by atoms with Crippen LogP contribution in [0.25, 0.3) is 11.3 Å². The number of halogens is 1. The number of methoxy groups -OCH3 is 1. The van der Waals surface area contributed by atoms with Crippen molar-refractivity contribution in [1.29, 1.82) is 0 Å². The van der Waals surface area contributed by atoms with Crippen LogP contribution in [0.15, 0.2) is 30.5 Å². The second-order valence-electron chi connectivity index (χ2n) is 4.42. The van der Waals surface area contributed by atoms with Crippen LogP contribution in [0.5, 0.6) is 5.75 Å². The van der Waals surface area contributed by atoms with E-state index in [4.69, 9.17) is 9.72 Å². The van der Waals surface area contributed by atoms with Gasteiger partial charge in [-0.2, -0.15) is 0 Å². The Kier molecular flexibility index (Phi) is 4.07. The van der Waals surface area contributed by atoms with Crippen LogP contribution in [0.3, 0.4) is 0 Å². The molecule has 3 rings (SSSR count). The molecule has 0 spiro atoms. The maximum absolute atomic E-state index is 5.16. The van der Waals surface area contributed by atoms with Gasteiger partial charge in [-0.15, -0.1) is 17.0 Å². The molecule has 0 amide bonds. The molecule has 3 nitrogen and oxygen atoms in total. The Bertz CT molecular complexity index is 496. The minimum Gasteiger partial charge on any atom is -0.497 e. The molecule has 18 heavy (non-hydrogen) atoms. The fourth-order valence-corrected chi connectivity index (χ4v) is 2.31. The number of aryl methyl sites for hydroxylation is 2. The second-order valence-corrected chi connectivity index (χ2v) is 4.42. The van der Waals surface area contributed by atoms with E-state index in [1.165, 1.54) is 18.7 Å². The van der Waals surface area contributed by atoms with Gasteiger partial charge < -0.3 is 9.30 Å². The normalized spacial score (nSPS) is 13.6. The molecule has 1 aliphatic rings. The van der Waals surface area contributed by atoms with Gasteiger partial charge in [0.1, 0.15) is 11.6 Å². The average molecular weight is 309 g/mol. The molecular weight excluding hydrogens is 292 g/mol. The number of nitrogens with zero attached hydrogens (tertiary/aromatic N) is 2. The van der Waals surface area contributed by atoms with Crippen LogP contribution >= 0.6 is 17.0 Å². The first-order valence-corrected chi connectivity index (χ1v) is 6.07. The molecule has 0 saturated heterocycles. The summed E-state index contributed by atoms with van der Waals surface area (Å²) in [7, 11) is 1.68. The summed E-state index contributed by atoms with van der Waals surface area (Å²) < 4.78 is 7.44. The molecule has 4 heteroatoms. The second kappa shape index (κ2) is 5.57. The molecule has 1 aromatic carbocycles. The first-order valence-electron chi connectivity index (χ1n) is 6.07. The van der Waals surface area contributed by atoms with E-state index >= 15 is 0 Å². The Labute approximate surface area is 118 Å². The zero-order valence-electron chi connectivity index (χ0n) is 10.4. The van der Waals surface area contributed by atoms with Crippen molar-refractivity contribution in [3.05, 3.63) is 36.3 Å². The molecule has 1 aliphatic heterocycles. The molecule has 0 aliphatic carbocycles. The molecule has 2 heterocycles. The molecule has 96 valence electrons. The number of aromatic nitrogens is 2. The minimum absolute atomic E-state index is 0. The molecular formula is C14H17BrN2O. The zero-order valence-corrected chi connectivity index (χ0v) is 12.1. The van der Waals surface area contributed by atoms with Gasteiger partial charge in [-0.25, -0.2) is 4.98 Å². The molecule has 0 bridgehead atoms. The SMILES string of the molecule is Br.COc1ccc(-c2cn3c(n2)CCCC3)cc1. The van der Waals surface area contributed by atoms with Crippen LogP contribution in [0.4, 0.5) is 0 Å². The quantitative estimate of drug-likeness (QED) is 0.849. The van der Waals surface area contributed by atoms with E-state index in [1.807, 2.05) is 12.1 Å². The van der Waals surface area contributed by atoms with Gasteiger partial charge in [-0.05, 0) is 37.1 Å². The van der Waals surface area contributed by atoms with Crippen molar-refractivity contribution in [3.8, 4) is 17.0 Å². The molecule has 0 unspecified atom stereocenters. The highest BCUT2D eigenvalue weighted by atomic mass is 79.9. The molecule has 0 atom stereocenters. The maximum Gasteiger partial charge on any atom is 0.118 e. The molecule has 1 aromatic heterocycles. The van der Waals surface area contributed by atoms with Crippen molar-refractivity contribution < 1.29 is 4.74 Å². The Morgan fingerprint density at radius 2 is 1.94 bits per heavy atom. The number of ether oxygens (including phenoxy) is 1. The lowest BCUT2D eigenvalue weighted by Crippen LogP contribution is -2.08. The molecule has 0 saturated carbocycles. The summed E-state index contributed by atoms with van der Waals surface area (Å²) in [5.41, 5.74) is 2.23. The van der Waals surface area contributed by atoms with Crippen LogP contribution in [-0.4, -0.2) is 16.7 Å². The third-order valence-electron chi connectivity index (χ3n) is 3.29. The standard InChI is InChI=1S/C14H16N2O.BrH/c1-17-12-7-5-11(6-8-12)13-10-16-9-3-2-4-14(16)15-13;/h5-8,10H,2-4,9H2,1H3;1H. The summed E-state index contributed by atoms with van der Waals surface area (Å²) in [4.78, 5) is 4.70. The van der Waals surface area contributed by atoms with E-state index in [-0.39, 0.29) is 17.0 Å². The monoisotopic (exact) mass is 308 g/mol. The number of imidazole rings is 1. The van der Waals surface area contributed by atoms with Gasteiger partial charge >= 0.3 is 0 Å². The fraction of sp³-hybridized carbons (Fsp3) is 0.357. The summed E-state index contributed by atoms with van der Waals surface area (Å²) in [5, 5.41) is 0. The van der Waals surface area contributed by atoms with E-state index in [0.29, 0.717) is 0 Å². The van der Waals surface area contributed by atoms with E-state index in [9.17, 15) is 0 Å². The van der Waals surface area contributed by atoms with Crippen molar-refractivity contribution in [1.82, 2.24) is 9.55 Å². The van der Waals surface area contributed by atoms with Crippen molar-refractivity contribution in [2.24, 2.45) is 0 Å². The first-order chi connectivity index (χ1) is 8.36. The van der Waals surface area contributed by atoms with Crippen molar-refractivity contribution >= 4 is 17.0 Å². The minimum atomic E-state index is 0. The van der Waals surface area contributed by atoms with Crippen LogP contribution in [-0.2, 0) is 13.0 Å². The summed E-state index contributed by atoms with van der Waals surface area (Å²) in [6, 6.07) is 8.09. The van der Waals surface area contributed by atoms with Gasteiger partial charge in [-0.3, -0.25) is 0 Å². The van der Waals surface area contributed by atoms with Crippen molar-refractivity contribution in [2.45, 2.75) is 25.8 Å².